The van der Waals surface area contributed by atoms with Crippen molar-refractivity contribution >= 4 is 0 Å². The Kier molecular flexibility index (Phi) is 27.4. The topological polar surface area (TPSA) is 4.44 Å². The van der Waals surface area contributed by atoms with Crippen molar-refractivity contribution in [2.24, 2.45) is 5.92 Å². The molecule has 1 nitrogen and oxygen atoms in total. The summed E-state index contributed by atoms with van der Waals surface area (Å²) in [5.74, 6) is 1.06. The van der Waals surface area contributed by atoms with Gasteiger partial charge in [-0.25, -0.2) is 0 Å². The molecule has 0 spiro atoms. The van der Waals surface area contributed by atoms with Gasteiger partial charge in [-0.15, -0.1) is 0 Å². The third-order valence-electron chi connectivity index (χ3n) is 9.41. The lowest BCUT2D eigenvalue weighted by Crippen LogP contribution is -3.13. The second-order valence-electron chi connectivity index (χ2n) is 13.1. The summed E-state index contributed by atoms with van der Waals surface area (Å²) in [6.07, 6.45) is 44.5. The summed E-state index contributed by atoms with van der Waals surface area (Å²) in [4.78, 5) is 1.93. The van der Waals surface area contributed by atoms with Gasteiger partial charge in [0, 0.05) is 0 Å². The van der Waals surface area contributed by atoms with Crippen LogP contribution in [0.4, 0.5) is 0 Å². The van der Waals surface area contributed by atoms with E-state index in [9.17, 15) is 0 Å². The molecule has 1 saturated heterocycles. The molecule has 0 aliphatic carbocycles. The predicted molar refractivity (Wildman–Crippen MR) is 169 cm³/mol. The monoisotopic (exact) mass is 521 g/mol. The summed E-state index contributed by atoms with van der Waals surface area (Å²) in [5, 5.41) is 0. The first-order valence-electron chi connectivity index (χ1n) is 18.2. The van der Waals surface area contributed by atoms with Gasteiger partial charge in [0.2, 0.25) is 0 Å². The molecule has 1 aliphatic heterocycles. The SMILES string of the molecule is CCCCCCCCCCCCCCCCCC[NH+]1CCC(CCCCCCCCCCCCC)CC1. The standard InChI is InChI=1S/C36H73N/c1-3-5-7-9-11-13-15-16-17-18-19-21-23-25-27-29-33-37-34-31-36(32-35-37)30-28-26-24-22-20-14-12-10-8-6-4-2/h36H,3-35H2,1-2H3/p+1. The molecular formula is C36H74N+. The van der Waals surface area contributed by atoms with Crippen LogP contribution in [-0.4, -0.2) is 19.6 Å². The van der Waals surface area contributed by atoms with E-state index in [1.165, 1.54) is 212 Å². The van der Waals surface area contributed by atoms with Crippen LogP contribution in [0.15, 0.2) is 0 Å². The molecule has 0 unspecified atom stereocenters. The first kappa shape index (κ1) is 35.0. The summed E-state index contributed by atoms with van der Waals surface area (Å²) in [7, 11) is 0. The minimum absolute atomic E-state index is 1.06. The van der Waals surface area contributed by atoms with Crippen LogP contribution in [0.25, 0.3) is 0 Å². The lowest BCUT2D eigenvalue weighted by molar-refractivity contribution is -0.906. The fraction of sp³-hybridized carbons (Fsp3) is 1.00. The minimum Gasteiger partial charge on any atom is -0.335 e. The molecule has 37 heavy (non-hydrogen) atoms. The highest BCUT2D eigenvalue weighted by molar-refractivity contribution is 4.63. The molecule has 1 heteroatoms. The Morgan fingerprint density at radius 3 is 1.03 bits per heavy atom. The molecule has 0 aromatic rings. The van der Waals surface area contributed by atoms with Gasteiger partial charge in [-0.2, -0.15) is 0 Å². The largest absolute Gasteiger partial charge is 0.335 e. The zero-order valence-electron chi connectivity index (χ0n) is 26.4. The fourth-order valence-electron chi connectivity index (χ4n) is 6.64. The van der Waals surface area contributed by atoms with E-state index < -0.39 is 0 Å². The van der Waals surface area contributed by atoms with E-state index in [0.717, 1.165) is 5.92 Å². The molecule has 0 atom stereocenters. The van der Waals surface area contributed by atoms with Crippen molar-refractivity contribution in [2.75, 3.05) is 19.6 Å². The van der Waals surface area contributed by atoms with E-state index in [1.807, 2.05) is 4.90 Å². The van der Waals surface area contributed by atoms with Crippen LogP contribution in [-0.2, 0) is 0 Å². The highest BCUT2D eigenvalue weighted by atomic mass is 15.1. The molecule has 1 heterocycles. The molecule has 0 aromatic carbocycles. The number of nitrogens with one attached hydrogen (secondary N) is 1. The second kappa shape index (κ2) is 29.0. The van der Waals surface area contributed by atoms with Gasteiger partial charge in [0.25, 0.3) is 0 Å². The maximum absolute atomic E-state index is 2.31. The third kappa shape index (κ3) is 24.7. The zero-order valence-corrected chi connectivity index (χ0v) is 26.4. The molecule has 1 rings (SSSR count). The molecule has 1 N–H and O–H groups in total. The maximum Gasteiger partial charge on any atom is 0.0773 e. The first-order chi connectivity index (χ1) is 18.4. The number of hydrogen-bond donors (Lipinski definition) is 1. The van der Waals surface area contributed by atoms with Gasteiger partial charge in [-0.3, -0.25) is 0 Å². The van der Waals surface area contributed by atoms with Gasteiger partial charge >= 0.3 is 0 Å². The van der Waals surface area contributed by atoms with Gasteiger partial charge < -0.3 is 4.90 Å². The number of rotatable bonds is 29. The first-order valence-corrected chi connectivity index (χ1v) is 18.2. The van der Waals surface area contributed by atoms with Crippen LogP contribution in [0, 0.1) is 5.92 Å². The number of quaternary nitrogens is 1. The molecule has 0 amide bonds. The van der Waals surface area contributed by atoms with Gasteiger partial charge in [0.1, 0.15) is 0 Å². The number of unbranched alkanes of at least 4 members (excludes halogenated alkanes) is 25. The van der Waals surface area contributed by atoms with Gasteiger partial charge in [0.05, 0.1) is 19.6 Å². The second-order valence-corrected chi connectivity index (χ2v) is 13.1. The third-order valence-corrected chi connectivity index (χ3v) is 9.41. The number of piperidine rings is 1. The van der Waals surface area contributed by atoms with Crippen molar-refractivity contribution in [3.63, 3.8) is 0 Å². The van der Waals surface area contributed by atoms with Crippen molar-refractivity contribution in [1.29, 1.82) is 0 Å². The summed E-state index contributed by atoms with van der Waals surface area (Å²) in [6.45, 7) is 9.03. The van der Waals surface area contributed by atoms with E-state index in [0.29, 0.717) is 0 Å². The molecule has 222 valence electrons. The Labute approximate surface area is 236 Å². The average Bonchev–Trinajstić information content (AvgIpc) is 2.92. The molecule has 0 aromatic heterocycles. The lowest BCUT2D eigenvalue weighted by atomic mass is 9.91. The van der Waals surface area contributed by atoms with Crippen molar-refractivity contribution in [2.45, 2.75) is 206 Å². The highest BCUT2D eigenvalue weighted by Crippen LogP contribution is 2.19. The Hall–Kier alpha value is -0.0400. The smallest absolute Gasteiger partial charge is 0.0773 e. The molecular weight excluding hydrogens is 446 g/mol. The summed E-state index contributed by atoms with van der Waals surface area (Å²) in [6, 6.07) is 0. The molecule has 1 aliphatic rings. The van der Waals surface area contributed by atoms with Gasteiger partial charge in [0.15, 0.2) is 0 Å². The number of likely N-dealkylation sites (tertiary alicyclic amines) is 1. The van der Waals surface area contributed by atoms with Crippen LogP contribution in [0.3, 0.4) is 0 Å². The normalized spacial score (nSPS) is 18.0. The summed E-state index contributed by atoms with van der Waals surface area (Å²) in [5.41, 5.74) is 0. The highest BCUT2D eigenvalue weighted by Gasteiger charge is 2.21. The fourth-order valence-corrected chi connectivity index (χ4v) is 6.64. The Morgan fingerprint density at radius 1 is 0.378 bits per heavy atom. The van der Waals surface area contributed by atoms with Crippen LogP contribution < -0.4 is 4.90 Å². The van der Waals surface area contributed by atoms with Crippen molar-refractivity contribution in [3.8, 4) is 0 Å². The van der Waals surface area contributed by atoms with Crippen molar-refractivity contribution in [1.82, 2.24) is 0 Å². The van der Waals surface area contributed by atoms with Crippen molar-refractivity contribution in [3.05, 3.63) is 0 Å². The number of hydrogen-bond acceptors (Lipinski definition) is 0. The van der Waals surface area contributed by atoms with Crippen LogP contribution in [0.5, 0.6) is 0 Å². The Morgan fingerprint density at radius 2 is 0.676 bits per heavy atom. The Balaban J connectivity index is 1.75. The molecule has 0 bridgehead atoms. The van der Waals surface area contributed by atoms with E-state index in [-0.39, 0.29) is 0 Å². The van der Waals surface area contributed by atoms with Gasteiger partial charge in [-0.1, -0.05) is 181 Å². The summed E-state index contributed by atoms with van der Waals surface area (Å²) >= 11 is 0. The molecule has 1 fully saturated rings. The summed E-state index contributed by atoms with van der Waals surface area (Å²) < 4.78 is 0. The quantitative estimate of drug-likeness (QED) is 0.0935. The molecule has 0 saturated carbocycles. The maximum atomic E-state index is 2.31. The van der Waals surface area contributed by atoms with E-state index in [4.69, 9.17) is 0 Å². The van der Waals surface area contributed by atoms with Crippen molar-refractivity contribution < 1.29 is 4.90 Å². The predicted octanol–water partition coefficient (Wildman–Crippen LogP) is 11.2. The average molecular weight is 521 g/mol. The van der Waals surface area contributed by atoms with E-state index >= 15 is 0 Å². The van der Waals surface area contributed by atoms with Crippen LogP contribution >= 0.6 is 0 Å². The lowest BCUT2D eigenvalue weighted by Gasteiger charge is -2.29. The Bertz CT molecular complexity index is 411. The van der Waals surface area contributed by atoms with E-state index in [2.05, 4.69) is 13.8 Å². The van der Waals surface area contributed by atoms with Gasteiger partial charge in [-0.05, 0) is 31.6 Å². The molecule has 0 radical (unpaired) electrons. The van der Waals surface area contributed by atoms with E-state index in [1.54, 1.807) is 0 Å². The zero-order chi connectivity index (χ0) is 26.5. The van der Waals surface area contributed by atoms with Crippen LogP contribution in [0.2, 0.25) is 0 Å². The van der Waals surface area contributed by atoms with Crippen LogP contribution in [0.1, 0.15) is 206 Å². The minimum atomic E-state index is 1.06.